The van der Waals surface area contributed by atoms with Crippen molar-refractivity contribution in [2.45, 2.75) is 25.7 Å². The Balaban J connectivity index is 1.31. The normalized spacial score (nSPS) is 13.8. The summed E-state index contributed by atoms with van der Waals surface area (Å²) in [4.78, 5) is 8.56. The van der Waals surface area contributed by atoms with Crippen molar-refractivity contribution < 1.29 is 0 Å². The number of rotatable bonds is 4. The number of aryl methyl sites for hydroxylation is 2. The van der Waals surface area contributed by atoms with Crippen LogP contribution in [0.2, 0.25) is 0 Å². The highest BCUT2D eigenvalue weighted by Gasteiger charge is 2.24. The molecule has 0 spiro atoms. The molecule has 4 nitrogen and oxygen atoms in total. The second kappa shape index (κ2) is 12.3. The molecule has 0 aliphatic carbocycles. The van der Waals surface area contributed by atoms with Gasteiger partial charge in [-0.1, -0.05) is 84.9 Å². The number of benzene rings is 7. The maximum absolute atomic E-state index is 9.56. The first-order chi connectivity index (χ1) is 24.7. The fraction of sp³-hybridized carbons (Fsp3) is 0.130. The molecular formula is C46H34N4. The highest BCUT2D eigenvalue weighted by atomic mass is 15.1. The van der Waals surface area contributed by atoms with Crippen LogP contribution in [0.15, 0.2) is 133 Å². The molecule has 0 radical (unpaired) electrons. The average Bonchev–Trinajstić information content (AvgIpc) is 3.19. The topological polar surface area (TPSA) is 34.6 Å². The lowest BCUT2D eigenvalue weighted by molar-refractivity contribution is 0.767. The second-order valence-electron chi connectivity index (χ2n) is 13.3. The summed E-state index contributed by atoms with van der Waals surface area (Å²) in [6, 6.07) is 50.2. The van der Waals surface area contributed by atoms with Gasteiger partial charge in [0.25, 0.3) is 0 Å². The Morgan fingerprint density at radius 3 is 1.58 bits per heavy atom. The Labute approximate surface area is 292 Å². The molecule has 0 fully saturated rings. The van der Waals surface area contributed by atoms with Gasteiger partial charge in [0.2, 0.25) is 0 Å². The minimum absolute atomic E-state index is 0.703. The zero-order valence-corrected chi connectivity index (χ0v) is 27.7. The molecule has 9 rings (SSSR count). The lowest BCUT2D eigenvalue weighted by atomic mass is 9.85. The fourth-order valence-electron chi connectivity index (χ4n) is 8.23. The van der Waals surface area contributed by atoms with Crippen LogP contribution in [0.1, 0.15) is 29.5 Å². The average molecular weight is 643 g/mol. The smallest absolute Gasteiger partial charge is 0.187 e. The van der Waals surface area contributed by atoms with E-state index in [0.29, 0.717) is 5.69 Å². The summed E-state index contributed by atoms with van der Waals surface area (Å²) in [6.07, 6.45) is 4.06. The second-order valence-corrected chi connectivity index (χ2v) is 13.3. The molecular weight excluding hydrogens is 609 g/mol. The van der Waals surface area contributed by atoms with Gasteiger partial charge < -0.3 is 9.80 Å². The van der Waals surface area contributed by atoms with Gasteiger partial charge in [-0.05, 0) is 129 Å². The molecule has 2 aliphatic rings. The first-order valence-corrected chi connectivity index (χ1v) is 17.4. The maximum atomic E-state index is 9.56. The molecule has 2 aliphatic heterocycles. The van der Waals surface area contributed by atoms with Gasteiger partial charge in [-0.15, -0.1) is 0 Å². The molecule has 2 heterocycles. The van der Waals surface area contributed by atoms with E-state index in [-0.39, 0.29) is 0 Å². The molecule has 0 bridgehead atoms. The van der Waals surface area contributed by atoms with Crippen LogP contribution < -0.4 is 9.80 Å². The SMILES string of the molecule is [C-]#[N+]c1ccc2c(c1)CCCN2c1ccc2c(-c3ccccc3)c3cc(N4CCCc5cc(C#N)ccc54)ccc3c(-c3ccccc3)c2c1. The Bertz CT molecular complexity index is 2340. The van der Waals surface area contributed by atoms with Gasteiger partial charge in [0, 0.05) is 35.8 Å². The van der Waals surface area contributed by atoms with Gasteiger partial charge in [0.05, 0.1) is 18.2 Å². The summed E-state index contributed by atoms with van der Waals surface area (Å²) >= 11 is 0. The molecule has 7 aromatic carbocycles. The van der Waals surface area contributed by atoms with Crippen molar-refractivity contribution in [3.8, 4) is 28.3 Å². The minimum atomic E-state index is 0.703. The number of fused-ring (bicyclic) bond motifs is 4. The van der Waals surface area contributed by atoms with E-state index in [1.807, 2.05) is 12.1 Å². The predicted octanol–water partition coefficient (Wildman–Crippen LogP) is 11.9. The third-order valence-corrected chi connectivity index (χ3v) is 10.5. The minimum Gasteiger partial charge on any atom is -0.341 e. The van der Waals surface area contributed by atoms with Crippen LogP contribution in [-0.4, -0.2) is 13.1 Å². The number of hydrogen-bond acceptors (Lipinski definition) is 3. The van der Waals surface area contributed by atoms with Crippen molar-refractivity contribution in [1.82, 2.24) is 0 Å². The van der Waals surface area contributed by atoms with Crippen molar-refractivity contribution in [3.05, 3.63) is 162 Å². The van der Waals surface area contributed by atoms with E-state index in [0.717, 1.165) is 44.3 Å². The van der Waals surface area contributed by atoms with E-state index < -0.39 is 0 Å². The largest absolute Gasteiger partial charge is 0.341 e. The molecule has 0 aromatic heterocycles. The standard InChI is InChI=1S/C46H34N4/c1-48-36-17-23-44-35(27-36)15-9-25-50(44)38-19-21-40-42(29-38)46(33-12-6-3-7-13-33)39-20-18-37(28-41(39)45(40)32-10-4-2-5-11-32)49-24-8-14-34-26-31(30-47)16-22-43(34)49/h2-7,10-13,16-23,26-29H,8-9,14-15,24-25H2. The van der Waals surface area contributed by atoms with E-state index in [2.05, 4.69) is 142 Å². The van der Waals surface area contributed by atoms with Gasteiger partial charge in [-0.25, -0.2) is 4.85 Å². The van der Waals surface area contributed by atoms with Crippen molar-refractivity contribution in [3.63, 3.8) is 0 Å². The van der Waals surface area contributed by atoms with Crippen molar-refractivity contribution in [2.24, 2.45) is 0 Å². The van der Waals surface area contributed by atoms with Crippen LogP contribution >= 0.6 is 0 Å². The van der Waals surface area contributed by atoms with Crippen LogP contribution in [0.3, 0.4) is 0 Å². The van der Waals surface area contributed by atoms with E-state index in [4.69, 9.17) is 6.57 Å². The summed E-state index contributed by atoms with van der Waals surface area (Å²) in [5.41, 5.74) is 13.5. The molecule has 50 heavy (non-hydrogen) atoms. The summed E-state index contributed by atoms with van der Waals surface area (Å²) in [5, 5.41) is 14.5. The summed E-state index contributed by atoms with van der Waals surface area (Å²) in [6.45, 7) is 9.41. The molecule has 0 amide bonds. The lowest BCUT2D eigenvalue weighted by Gasteiger charge is -2.33. The van der Waals surface area contributed by atoms with Crippen LogP contribution in [-0.2, 0) is 12.8 Å². The third kappa shape index (κ3) is 4.97. The Morgan fingerprint density at radius 1 is 0.540 bits per heavy atom. The van der Waals surface area contributed by atoms with E-state index in [9.17, 15) is 5.26 Å². The predicted molar refractivity (Wildman–Crippen MR) is 207 cm³/mol. The van der Waals surface area contributed by atoms with Crippen LogP contribution in [0, 0.1) is 17.9 Å². The molecule has 0 saturated heterocycles. The zero-order chi connectivity index (χ0) is 33.6. The van der Waals surface area contributed by atoms with Gasteiger partial charge in [0.15, 0.2) is 5.69 Å². The fourth-order valence-corrected chi connectivity index (χ4v) is 8.23. The maximum Gasteiger partial charge on any atom is 0.187 e. The monoisotopic (exact) mass is 642 g/mol. The van der Waals surface area contributed by atoms with Gasteiger partial charge in [0.1, 0.15) is 0 Å². The highest BCUT2D eigenvalue weighted by Crippen LogP contribution is 2.47. The third-order valence-electron chi connectivity index (χ3n) is 10.5. The van der Waals surface area contributed by atoms with Crippen LogP contribution in [0.25, 0.3) is 48.6 Å². The molecule has 7 aromatic rings. The van der Waals surface area contributed by atoms with Gasteiger partial charge in [-0.3, -0.25) is 0 Å². The van der Waals surface area contributed by atoms with Crippen molar-refractivity contribution in [2.75, 3.05) is 22.9 Å². The molecule has 0 N–H and O–H groups in total. The van der Waals surface area contributed by atoms with Gasteiger partial charge in [-0.2, -0.15) is 5.26 Å². The quantitative estimate of drug-likeness (QED) is 0.142. The Morgan fingerprint density at radius 2 is 1.06 bits per heavy atom. The highest BCUT2D eigenvalue weighted by molar-refractivity contribution is 6.22. The molecule has 0 unspecified atom stereocenters. The number of nitrogens with zero attached hydrogens (tertiary/aromatic N) is 4. The molecule has 0 atom stereocenters. The van der Waals surface area contributed by atoms with E-state index >= 15 is 0 Å². The first-order valence-electron chi connectivity index (χ1n) is 17.4. The number of anilines is 4. The lowest BCUT2D eigenvalue weighted by Crippen LogP contribution is -2.24. The van der Waals surface area contributed by atoms with E-state index in [1.165, 1.54) is 77.7 Å². The van der Waals surface area contributed by atoms with Crippen LogP contribution in [0.4, 0.5) is 28.4 Å². The molecule has 238 valence electrons. The summed E-state index contributed by atoms with van der Waals surface area (Å²) in [5.74, 6) is 0. The van der Waals surface area contributed by atoms with Crippen molar-refractivity contribution >= 4 is 50.0 Å². The van der Waals surface area contributed by atoms with E-state index in [1.54, 1.807) is 0 Å². The number of hydrogen-bond donors (Lipinski definition) is 0. The zero-order valence-electron chi connectivity index (χ0n) is 27.7. The summed E-state index contributed by atoms with van der Waals surface area (Å²) < 4.78 is 0. The van der Waals surface area contributed by atoms with Crippen molar-refractivity contribution in [1.29, 1.82) is 5.26 Å². The van der Waals surface area contributed by atoms with Crippen LogP contribution in [0.5, 0.6) is 0 Å². The molecule has 0 saturated carbocycles. The number of nitriles is 1. The summed E-state index contributed by atoms with van der Waals surface area (Å²) in [7, 11) is 0. The first kappa shape index (κ1) is 29.8. The Hall–Kier alpha value is -6.36. The van der Waals surface area contributed by atoms with Gasteiger partial charge >= 0.3 is 0 Å². The Kier molecular flexibility index (Phi) is 7.30. The molecule has 4 heteroatoms.